The first kappa shape index (κ1) is 5.72. The average molecular weight is 125 g/mol. The maximum Gasteiger partial charge on any atom is 0.0971 e. The molecular formula is C8H13O. The largest absolute Gasteiger partial charge is 0.371 e. The number of hydrogen-bond donors (Lipinski definition) is 0. The highest BCUT2D eigenvalue weighted by atomic mass is 16.5. The second kappa shape index (κ2) is 1.72. The van der Waals surface area contributed by atoms with Crippen LogP contribution in [0, 0.1) is 11.5 Å². The van der Waals surface area contributed by atoms with Crippen LogP contribution in [-0.4, -0.2) is 6.61 Å². The van der Waals surface area contributed by atoms with E-state index in [1.165, 1.54) is 31.8 Å². The van der Waals surface area contributed by atoms with Gasteiger partial charge in [-0.15, -0.1) is 0 Å². The third-order valence-corrected chi connectivity index (χ3v) is 2.64. The Bertz CT molecular complexity index is 98.0. The zero-order chi connectivity index (χ0) is 6.32. The monoisotopic (exact) mass is 125 g/mol. The van der Waals surface area contributed by atoms with Crippen molar-refractivity contribution in [3.05, 3.63) is 6.10 Å². The number of hydrogen-bond acceptors (Lipinski definition) is 1. The van der Waals surface area contributed by atoms with Gasteiger partial charge in [-0.05, 0) is 31.1 Å². The zero-order valence-corrected chi connectivity index (χ0v) is 5.94. The van der Waals surface area contributed by atoms with Gasteiger partial charge in [0, 0.05) is 0 Å². The summed E-state index contributed by atoms with van der Waals surface area (Å²) in [6.45, 7) is 3.32. The Kier molecular flexibility index (Phi) is 1.10. The van der Waals surface area contributed by atoms with Crippen LogP contribution >= 0.6 is 0 Å². The molecule has 2 aliphatic heterocycles. The lowest BCUT2D eigenvalue weighted by Gasteiger charge is -2.43. The van der Waals surface area contributed by atoms with Gasteiger partial charge in [-0.2, -0.15) is 0 Å². The molecule has 0 spiro atoms. The Hall–Kier alpha value is -0.0400. The molecule has 1 saturated carbocycles. The first-order valence-corrected chi connectivity index (χ1v) is 3.76. The lowest BCUT2D eigenvalue weighted by atomic mass is 9.73. The van der Waals surface area contributed by atoms with E-state index >= 15 is 0 Å². The van der Waals surface area contributed by atoms with Crippen LogP contribution in [-0.2, 0) is 4.74 Å². The zero-order valence-electron chi connectivity index (χ0n) is 5.94. The van der Waals surface area contributed by atoms with Crippen molar-refractivity contribution in [3.63, 3.8) is 0 Å². The van der Waals surface area contributed by atoms with Crippen LogP contribution in [0.15, 0.2) is 0 Å². The van der Waals surface area contributed by atoms with Crippen LogP contribution in [0.2, 0.25) is 0 Å². The number of rotatable bonds is 0. The van der Waals surface area contributed by atoms with E-state index in [1.54, 1.807) is 0 Å². The lowest BCUT2D eigenvalue weighted by molar-refractivity contribution is -0.0449. The minimum absolute atomic E-state index is 0.543. The minimum Gasteiger partial charge on any atom is -0.371 e. The van der Waals surface area contributed by atoms with E-state index in [0.29, 0.717) is 5.41 Å². The fraction of sp³-hybridized carbons (Fsp3) is 0.875. The molecule has 1 aliphatic carbocycles. The van der Waals surface area contributed by atoms with E-state index in [4.69, 9.17) is 4.74 Å². The normalized spacial score (nSPS) is 33.0. The summed E-state index contributed by atoms with van der Waals surface area (Å²) in [5, 5.41) is 0. The van der Waals surface area contributed by atoms with E-state index in [0.717, 1.165) is 6.61 Å². The summed E-state index contributed by atoms with van der Waals surface area (Å²) in [6.07, 6.45) is 6.55. The molecule has 2 saturated heterocycles. The van der Waals surface area contributed by atoms with Gasteiger partial charge in [0.2, 0.25) is 0 Å². The highest BCUT2D eigenvalue weighted by Gasteiger charge is 2.37. The van der Waals surface area contributed by atoms with Crippen LogP contribution in [0.25, 0.3) is 0 Å². The fourth-order valence-electron chi connectivity index (χ4n) is 1.70. The summed E-state index contributed by atoms with van der Waals surface area (Å²) in [5.41, 5.74) is 0.543. The van der Waals surface area contributed by atoms with E-state index in [1.807, 2.05) is 0 Å². The predicted molar refractivity (Wildman–Crippen MR) is 35.8 cm³/mol. The number of ether oxygens (including phenoxy) is 1. The Morgan fingerprint density at radius 1 is 1.33 bits per heavy atom. The van der Waals surface area contributed by atoms with Gasteiger partial charge in [0.1, 0.15) is 0 Å². The molecule has 0 unspecified atom stereocenters. The predicted octanol–water partition coefficient (Wildman–Crippen LogP) is 2.13. The van der Waals surface area contributed by atoms with E-state index in [2.05, 4.69) is 6.92 Å². The van der Waals surface area contributed by atoms with E-state index in [9.17, 15) is 0 Å². The third kappa shape index (κ3) is 0.877. The van der Waals surface area contributed by atoms with Gasteiger partial charge in [0.15, 0.2) is 0 Å². The van der Waals surface area contributed by atoms with Gasteiger partial charge in [-0.3, -0.25) is 0 Å². The van der Waals surface area contributed by atoms with Crippen LogP contribution in [0.1, 0.15) is 32.6 Å². The fourth-order valence-corrected chi connectivity index (χ4v) is 1.70. The van der Waals surface area contributed by atoms with Crippen molar-refractivity contribution in [2.24, 2.45) is 5.41 Å². The first-order chi connectivity index (χ1) is 4.29. The summed E-state index contributed by atoms with van der Waals surface area (Å²) in [7, 11) is 0. The molecule has 3 fully saturated rings. The Morgan fingerprint density at radius 2 is 2.00 bits per heavy atom. The van der Waals surface area contributed by atoms with Gasteiger partial charge in [-0.1, -0.05) is 6.92 Å². The van der Waals surface area contributed by atoms with Crippen LogP contribution in [0.3, 0.4) is 0 Å². The molecule has 0 N–H and O–H groups in total. The second-order valence-corrected chi connectivity index (χ2v) is 3.64. The van der Waals surface area contributed by atoms with E-state index < -0.39 is 0 Å². The van der Waals surface area contributed by atoms with Crippen molar-refractivity contribution >= 4 is 0 Å². The Balaban J connectivity index is 2.11. The summed E-state index contributed by atoms with van der Waals surface area (Å²) >= 11 is 0. The molecule has 1 heteroatoms. The smallest absolute Gasteiger partial charge is 0.0971 e. The van der Waals surface area contributed by atoms with Crippen molar-refractivity contribution in [1.82, 2.24) is 0 Å². The molecule has 1 radical (unpaired) electrons. The van der Waals surface area contributed by atoms with Gasteiger partial charge in [-0.25, -0.2) is 0 Å². The van der Waals surface area contributed by atoms with Crippen molar-refractivity contribution in [2.75, 3.05) is 6.61 Å². The summed E-state index contributed by atoms with van der Waals surface area (Å²) in [4.78, 5) is 0. The van der Waals surface area contributed by atoms with Crippen molar-refractivity contribution < 1.29 is 4.74 Å². The summed E-state index contributed by atoms with van der Waals surface area (Å²) in [5.74, 6) is 0. The van der Waals surface area contributed by atoms with Crippen molar-refractivity contribution in [1.29, 1.82) is 0 Å². The summed E-state index contributed by atoms with van der Waals surface area (Å²) in [6, 6.07) is 0. The molecule has 0 aromatic carbocycles. The molecule has 1 nitrogen and oxygen atoms in total. The highest BCUT2D eigenvalue weighted by Crippen LogP contribution is 2.45. The van der Waals surface area contributed by atoms with Gasteiger partial charge in [0.05, 0.1) is 12.7 Å². The molecule has 0 atom stereocenters. The highest BCUT2D eigenvalue weighted by molar-refractivity contribution is 4.96. The standard InChI is InChI=1S/C8H13O/c1-8-4-2-7(3-5-8)9-6-8/h2-6H2,1H3. The molecular weight excluding hydrogens is 112 g/mol. The number of fused-ring (bicyclic) bond motifs is 3. The molecule has 3 aliphatic rings. The topological polar surface area (TPSA) is 9.23 Å². The Labute approximate surface area is 56.4 Å². The van der Waals surface area contributed by atoms with Crippen LogP contribution < -0.4 is 0 Å². The molecule has 2 bridgehead atoms. The van der Waals surface area contributed by atoms with Crippen LogP contribution in [0.4, 0.5) is 0 Å². The average Bonchev–Trinajstić information content (AvgIpc) is 1.90. The maximum atomic E-state index is 5.50. The van der Waals surface area contributed by atoms with E-state index in [-0.39, 0.29) is 0 Å². The molecule has 2 heterocycles. The Morgan fingerprint density at radius 3 is 2.22 bits per heavy atom. The van der Waals surface area contributed by atoms with Gasteiger partial charge >= 0.3 is 0 Å². The van der Waals surface area contributed by atoms with Crippen molar-refractivity contribution in [3.8, 4) is 0 Å². The third-order valence-electron chi connectivity index (χ3n) is 2.64. The maximum absolute atomic E-state index is 5.50. The molecule has 0 aromatic heterocycles. The molecule has 0 aromatic rings. The quantitative estimate of drug-likeness (QED) is 0.482. The van der Waals surface area contributed by atoms with Crippen LogP contribution in [0.5, 0.6) is 0 Å². The molecule has 51 valence electrons. The van der Waals surface area contributed by atoms with Crippen molar-refractivity contribution in [2.45, 2.75) is 32.6 Å². The lowest BCUT2D eigenvalue weighted by Crippen LogP contribution is -2.36. The molecule has 9 heavy (non-hydrogen) atoms. The van der Waals surface area contributed by atoms with Gasteiger partial charge < -0.3 is 4.74 Å². The first-order valence-electron chi connectivity index (χ1n) is 3.76. The molecule has 3 rings (SSSR count). The second-order valence-electron chi connectivity index (χ2n) is 3.64. The van der Waals surface area contributed by atoms with Gasteiger partial charge in [0.25, 0.3) is 0 Å². The summed E-state index contributed by atoms with van der Waals surface area (Å²) < 4.78 is 5.50. The molecule has 0 amide bonds. The SMILES string of the molecule is CC12CC[C](CC1)OC2. The minimum atomic E-state index is 0.543.